The fourth-order valence-electron chi connectivity index (χ4n) is 5.95. The molecular weight excluding hydrogens is 645 g/mol. The molecule has 3 aromatic carbocycles. The summed E-state index contributed by atoms with van der Waals surface area (Å²) in [5, 5.41) is 0. The molecule has 0 unspecified atom stereocenters. The molecule has 1 atom stereocenters. The topological polar surface area (TPSA) is 73.4 Å². The second-order valence-corrected chi connectivity index (χ2v) is 13.1. The van der Waals surface area contributed by atoms with Crippen LogP contribution in [0.15, 0.2) is 84.9 Å². The molecule has 8 nitrogen and oxygen atoms in total. The van der Waals surface area contributed by atoms with Crippen LogP contribution in [0.25, 0.3) is 6.08 Å². The van der Waals surface area contributed by atoms with E-state index in [4.69, 9.17) is 4.74 Å². The van der Waals surface area contributed by atoms with Gasteiger partial charge in [0.1, 0.15) is 6.04 Å². The van der Waals surface area contributed by atoms with Crippen LogP contribution in [-0.4, -0.2) is 91.4 Å². The third kappa shape index (κ3) is 10.4. The minimum absolute atomic E-state index is 0.0631. The van der Waals surface area contributed by atoms with E-state index in [-0.39, 0.29) is 24.8 Å². The van der Waals surface area contributed by atoms with Gasteiger partial charge in [-0.3, -0.25) is 14.4 Å². The van der Waals surface area contributed by atoms with Crippen molar-refractivity contribution in [2.75, 3.05) is 57.9 Å². The molecule has 1 heterocycles. The van der Waals surface area contributed by atoms with Crippen molar-refractivity contribution in [1.82, 2.24) is 14.7 Å². The highest BCUT2D eigenvalue weighted by Gasteiger charge is 2.32. The van der Waals surface area contributed by atoms with Crippen molar-refractivity contribution in [3.05, 3.63) is 107 Å². The van der Waals surface area contributed by atoms with Gasteiger partial charge in [-0.1, -0.05) is 54.6 Å². The fraction of sp³-hybridized carbons (Fsp3) is 0.410. The molecule has 1 saturated heterocycles. The number of nitrogens with zero attached hydrogens (tertiary/aromatic N) is 4. The predicted molar refractivity (Wildman–Crippen MR) is 187 cm³/mol. The molecule has 2 fully saturated rings. The summed E-state index contributed by atoms with van der Waals surface area (Å²) in [6.07, 6.45) is 0.928. The Hall–Kier alpha value is -4.64. The zero-order valence-electron chi connectivity index (χ0n) is 28.6. The molecule has 1 saturated carbocycles. The Bertz CT molecular complexity index is 1600. The normalized spacial score (nSPS) is 15.6. The number of carbonyl (C=O) groups excluding carboxylic acids is 3. The summed E-state index contributed by atoms with van der Waals surface area (Å²) in [6.45, 7) is 5.85. The Labute approximate surface area is 292 Å². The summed E-state index contributed by atoms with van der Waals surface area (Å²) in [5.41, 5.74) is 2.35. The molecule has 0 spiro atoms. The van der Waals surface area contributed by atoms with E-state index in [1.165, 1.54) is 42.0 Å². The molecule has 50 heavy (non-hydrogen) atoms. The van der Waals surface area contributed by atoms with Crippen molar-refractivity contribution in [2.24, 2.45) is 5.92 Å². The molecule has 3 amide bonds. The molecule has 3 aromatic rings. The van der Waals surface area contributed by atoms with Crippen molar-refractivity contribution in [2.45, 2.75) is 44.9 Å². The first-order chi connectivity index (χ1) is 24.0. The number of rotatable bonds is 14. The lowest BCUT2D eigenvalue weighted by atomic mass is 10.0. The number of hydrogen-bond acceptors (Lipinski definition) is 5. The first-order valence-electron chi connectivity index (χ1n) is 17.1. The van der Waals surface area contributed by atoms with E-state index < -0.39 is 23.7 Å². The van der Waals surface area contributed by atoms with Gasteiger partial charge in [-0.25, -0.2) is 0 Å². The molecule has 11 heteroatoms. The first kappa shape index (κ1) is 36.6. The molecule has 0 bridgehead atoms. The van der Waals surface area contributed by atoms with E-state index in [1.807, 2.05) is 59.5 Å². The number of amides is 3. The minimum Gasteiger partial charge on any atom is -0.379 e. The second-order valence-electron chi connectivity index (χ2n) is 13.1. The van der Waals surface area contributed by atoms with Gasteiger partial charge in [0.2, 0.25) is 17.7 Å². The van der Waals surface area contributed by atoms with Crippen molar-refractivity contribution in [1.29, 1.82) is 0 Å². The van der Waals surface area contributed by atoms with Gasteiger partial charge in [-0.05, 0) is 65.8 Å². The third-order valence-electron chi connectivity index (χ3n) is 9.25. The van der Waals surface area contributed by atoms with Gasteiger partial charge in [0.25, 0.3) is 0 Å². The average molecular weight is 691 g/mol. The molecule has 0 aromatic heterocycles. The monoisotopic (exact) mass is 690 g/mol. The number of alkyl halides is 3. The van der Waals surface area contributed by atoms with Crippen LogP contribution < -0.4 is 4.90 Å². The van der Waals surface area contributed by atoms with Crippen LogP contribution in [0, 0.1) is 5.92 Å². The van der Waals surface area contributed by atoms with Gasteiger partial charge in [0.05, 0.1) is 12.2 Å². The molecule has 1 aliphatic carbocycles. The van der Waals surface area contributed by atoms with Gasteiger partial charge in [0, 0.05) is 78.0 Å². The Balaban J connectivity index is 1.39. The molecule has 2 aliphatic rings. The van der Waals surface area contributed by atoms with E-state index in [2.05, 4.69) is 4.90 Å². The maximum atomic E-state index is 14.2. The van der Waals surface area contributed by atoms with Crippen LogP contribution in [0.2, 0.25) is 0 Å². The summed E-state index contributed by atoms with van der Waals surface area (Å²) < 4.78 is 45.2. The summed E-state index contributed by atoms with van der Waals surface area (Å²) in [5.74, 6) is -0.0155. The van der Waals surface area contributed by atoms with Crippen molar-refractivity contribution in [3.8, 4) is 0 Å². The Kier molecular flexibility index (Phi) is 12.3. The maximum absolute atomic E-state index is 14.2. The lowest BCUT2D eigenvalue weighted by Crippen LogP contribution is -2.51. The van der Waals surface area contributed by atoms with Crippen LogP contribution in [0.5, 0.6) is 0 Å². The summed E-state index contributed by atoms with van der Waals surface area (Å²) in [4.78, 5) is 47.2. The van der Waals surface area contributed by atoms with Gasteiger partial charge >= 0.3 is 6.18 Å². The van der Waals surface area contributed by atoms with Crippen LogP contribution in [0.4, 0.5) is 18.9 Å². The highest BCUT2D eigenvalue weighted by molar-refractivity contribution is 5.95. The Morgan fingerprint density at radius 2 is 1.56 bits per heavy atom. The van der Waals surface area contributed by atoms with Gasteiger partial charge in [-0.15, -0.1) is 0 Å². The molecular formula is C39H45F3N4O4. The highest BCUT2D eigenvalue weighted by atomic mass is 19.4. The Morgan fingerprint density at radius 3 is 2.16 bits per heavy atom. The van der Waals surface area contributed by atoms with Crippen LogP contribution in [-0.2, 0) is 38.3 Å². The second kappa shape index (κ2) is 16.8. The molecule has 5 rings (SSSR count). The van der Waals surface area contributed by atoms with Gasteiger partial charge in [-0.2, -0.15) is 13.2 Å². The average Bonchev–Trinajstić information content (AvgIpc) is 3.95. The smallest absolute Gasteiger partial charge is 0.379 e. The lowest BCUT2D eigenvalue weighted by molar-refractivity contribution is -0.143. The number of anilines is 1. The number of piperazine rings is 1. The number of likely N-dealkylation sites (N-methyl/N-ethyl adjacent to an activating group) is 1. The standard InChI is InChI=1S/C39H45F3N4O4/c1-29(47)44-20-22-45(23-21-44)35-17-12-32(13-18-35)27-46(37(48)19-14-30-10-15-34(16-11-30)39(40,41)42)36(26-31-6-4-3-5-7-31)38(49)43(2)24-25-50-28-33-8-9-33/h3-7,10-19,33,36H,8-9,20-28H2,1-2H3/b19-14+/t36-/m0/s1. The van der Waals surface area contributed by atoms with Crippen molar-refractivity contribution in [3.63, 3.8) is 0 Å². The number of carbonyl (C=O) groups is 3. The number of halogens is 3. The zero-order valence-corrected chi connectivity index (χ0v) is 28.6. The summed E-state index contributed by atoms with van der Waals surface area (Å²) >= 11 is 0. The molecule has 0 N–H and O–H groups in total. The largest absolute Gasteiger partial charge is 0.416 e. The lowest BCUT2D eigenvalue weighted by Gasteiger charge is -2.36. The van der Waals surface area contributed by atoms with E-state index >= 15 is 0 Å². The first-order valence-corrected chi connectivity index (χ1v) is 17.1. The molecule has 0 radical (unpaired) electrons. The summed E-state index contributed by atoms with van der Waals surface area (Å²) in [7, 11) is 1.71. The van der Waals surface area contributed by atoms with Crippen LogP contribution in [0.1, 0.15) is 42.0 Å². The van der Waals surface area contributed by atoms with E-state index in [0.717, 1.165) is 28.9 Å². The SMILES string of the molecule is CC(=O)N1CCN(c2ccc(CN(C(=O)/C=C/c3ccc(C(F)(F)F)cc3)[C@@H](Cc3ccccc3)C(=O)N(C)CCOCC3CC3)cc2)CC1. The highest BCUT2D eigenvalue weighted by Crippen LogP contribution is 2.30. The maximum Gasteiger partial charge on any atom is 0.416 e. The van der Waals surface area contributed by atoms with Gasteiger partial charge < -0.3 is 24.3 Å². The van der Waals surface area contributed by atoms with E-state index in [9.17, 15) is 27.6 Å². The van der Waals surface area contributed by atoms with E-state index in [1.54, 1.807) is 18.9 Å². The van der Waals surface area contributed by atoms with Crippen LogP contribution in [0.3, 0.4) is 0 Å². The minimum atomic E-state index is -4.46. The Morgan fingerprint density at radius 1 is 0.900 bits per heavy atom. The van der Waals surface area contributed by atoms with Crippen molar-refractivity contribution < 1.29 is 32.3 Å². The fourth-order valence-corrected chi connectivity index (χ4v) is 5.95. The summed E-state index contributed by atoms with van der Waals surface area (Å²) in [6, 6.07) is 21.1. The zero-order chi connectivity index (χ0) is 35.7. The van der Waals surface area contributed by atoms with Crippen LogP contribution >= 0.6 is 0 Å². The quantitative estimate of drug-likeness (QED) is 0.155. The third-order valence-corrected chi connectivity index (χ3v) is 9.25. The molecule has 266 valence electrons. The van der Waals surface area contributed by atoms with E-state index in [0.29, 0.717) is 57.4 Å². The van der Waals surface area contributed by atoms with Crippen molar-refractivity contribution >= 4 is 29.5 Å². The predicted octanol–water partition coefficient (Wildman–Crippen LogP) is 5.91. The number of ether oxygens (including phenoxy) is 1. The van der Waals surface area contributed by atoms with Gasteiger partial charge in [0.15, 0.2) is 0 Å². The number of benzene rings is 3. The molecule has 1 aliphatic heterocycles. The number of hydrogen-bond donors (Lipinski definition) is 0.